The molecule has 4 aromatic rings. The van der Waals surface area contributed by atoms with Crippen molar-refractivity contribution in [3.8, 4) is 0 Å². The SMILES string of the molecule is Cc1ccc(S[C@@H]2O[C@H](COS(=O)(=O)c3ccc(C)cc3)[C@H](OCc3ccccc3)[C@H]2OCc2ccccc2)cc1. The number of benzene rings is 4. The van der Waals surface area contributed by atoms with Crippen LogP contribution in [0.15, 0.2) is 119 Å². The molecule has 41 heavy (non-hydrogen) atoms. The molecule has 1 aliphatic rings. The molecule has 0 aliphatic carbocycles. The van der Waals surface area contributed by atoms with Crippen molar-refractivity contribution in [2.45, 2.75) is 60.6 Å². The topological polar surface area (TPSA) is 71.1 Å². The summed E-state index contributed by atoms with van der Waals surface area (Å²) in [7, 11) is -3.99. The third-order valence-corrected chi connectivity index (χ3v) is 9.26. The largest absolute Gasteiger partial charge is 0.368 e. The van der Waals surface area contributed by atoms with E-state index in [1.807, 2.05) is 86.6 Å². The first-order chi connectivity index (χ1) is 19.9. The van der Waals surface area contributed by atoms with Crippen LogP contribution in [-0.2, 0) is 41.7 Å². The Morgan fingerprint density at radius 1 is 0.683 bits per heavy atom. The van der Waals surface area contributed by atoms with Crippen LogP contribution in [0.4, 0.5) is 0 Å². The second-order valence-corrected chi connectivity index (χ2v) is 12.8. The summed E-state index contributed by atoms with van der Waals surface area (Å²) in [5.74, 6) is 0. The van der Waals surface area contributed by atoms with E-state index in [0.29, 0.717) is 13.2 Å². The fraction of sp³-hybridized carbons (Fsp3) is 0.273. The molecule has 1 saturated heterocycles. The minimum absolute atomic E-state index is 0.102. The monoisotopic (exact) mass is 590 g/mol. The molecule has 6 nitrogen and oxygen atoms in total. The van der Waals surface area contributed by atoms with Crippen molar-refractivity contribution in [2.24, 2.45) is 0 Å². The highest BCUT2D eigenvalue weighted by Gasteiger charge is 2.47. The van der Waals surface area contributed by atoms with Crippen molar-refractivity contribution in [1.29, 1.82) is 0 Å². The summed E-state index contributed by atoms with van der Waals surface area (Å²) in [5.41, 5.74) is 3.70. The molecule has 0 aromatic heterocycles. The van der Waals surface area contributed by atoms with Crippen LogP contribution in [0.5, 0.6) is 0 Å². The summed E-state index contributed by atoms with van der Waals surface area (Å²) in [5, 5.41) is 0. The third-order valence-electron chi connectivity index (χ3n) is 6.81. The van der Waals surface area contributed by atoms with Crippen molar-refractivity contribution in [3.05, 3.63) is 131 Å². The van der Waals surface area contributed by atoms with Gasteiger partial charge in [0.25, 0.3) is 10.1 Å². The smallest absolute Gasteiger partial charge is 0.297 e. The Labute approximate surface area is 246 Å². The van der Waals surface area contributed by atoms with Crippen LogP contribution in [0.1, 0.15) is 22.3 Å². The lowest BCUT2D eigenvalue weighted by Gasteiger charge is -2.25. The van der Waals surface area contributed by atoms with E-state index in [4.69, 9.17) is 18.4 Å². The quantitative estimate of drug-likeness (QED) is 0.170. The molecule has 1 fully saturated rings. The Balaban J connectivity index is 1.39. The van der Waals surface area contributed by atoms with Gasteiger partial charge >= 0.3 is 0 Å². The van der Waals surface area contributed by atoms with Crippen molar-refractivity contribution in [1.82, 2.24) is 0 Å². The standard InChI is InChI=1S/C33H34O6S2/c1-24-13-17-28(18-14-24)40-33-32(37-22-27-11-7-4-8-12-27)31(36-21-26-9-5-3-6-10-26)30(39-33)23-38-41(34,35)29-19-15-25(2)16-20-29/h3-20,30-33H,21-23H2,1-2H3/t30-,31+,32-,33+/m1/s1. The van der Waals surface area contributed by atoms with Crippen molar-refractivity contribution < 1.29 is 26.8 Å². The number of ether oxygens (including phenoxy) is 3. The minimum atomic E-state index is -3.99. The molecule has 0 spiro atoms. The van der Waals surface area contributed by atoms with Gasteiger partial charge in [0.05, 0.1) is 24.7 Å². The van der Waals surface area contributed by atoms with Crippen LogP contribution in [-0.4, -0.2) is 38.8 Å². The van der Waals surface area contributed by atoms with Gasteiger partial charge < -0.3 is 14.2 Å². The van der Waals surface area contributed by atoms with E-state index in [9.17, 15) is 8.42 Å². The van der Waals surface area contributed by atoms with E-state index in [1.165, 1.54) is 11.8 Å². The maximum absolute atomic E-state index is 13.0. The molecular weight excluding hydrogens is 556 g/mol. The second kappa shape index (κ2) is 13.8. The van der Waals surface area contributed by atoms with Gasteiger partial charge in [0.2, 0.25) is 0 Å². The van der Waals surface area contributed by atoms with E-state index in [2.05, 4.69) is 12.1 Å². The Hall–Kier alpha value is -2.98. The second-order valence-electron chi connectivity index (χ2n) is 10.0. The molecule has 214 valence electrons. The summed E-state index contributed by atoms with van der Waals surface area (Å²) < 4.78 is 51.0. The first-order valence-corrected chi connectivity index (χ1v) is 15.8. The van der Waals surface area contributed by atoms with Gasteiger partial charge in [0, 0.05) is 4.90 Å². The number of thioether (sulfide) groups is 1. The Bertz CT molecular complexity index is 1480. The van der Waals surface area contributed by atoms with Gasteiger partial charge in [-0.25, -0.2) is 0 Å². The molecule has 1 aliphatic heterocycles. The maximum atomic E-state index is 13.0. The van der Waals surface area contributed by atoms with Gasteiger partial charge in [0.15, 0.2) is 0 Å². The molecule has 0 amide bonds. The molecule has 5 rings (SSSR count). The normalized spacial score (nSPS) is 20.7. The predicted molar refractivity (Wildman–Crippen MR) is 160 cm³/mol. The van der Waals surface area contributed by atoms with Gasteiger partial charge in [-0.15, -0.1) is 0 Å². The number of aryl methyl sites for hydroxylation is 2. The third kappa shape index (κ3) is 8.07. The lowest BCUT2D eigenvalue weighted by atomic mass is 10.1. The molecule has 0 saturated carbocycles. The van der Waals surface area contributed by atoms with Crippen LogP contribution in [0.25, 0.3) is 0 Å². The van der Waals surface area contributed by atoms with Crippen LogP contribution < -0.4 is 0 Å². The summed E-state index contributed by atoms with van der Waals surface area (Å²) in [6, 6.07) is 34.5. The maximum Gasteiger partial charge on any atom is 0.297 e. The van der Waals surface area contributed by atoms with Crippen LogP contribution in [0.3, 0.4) is 0 Å². The lowest BCUT2D eigenvalue weighted by molar-refractivity contribution is -0.0797. The lowest BCUT2D eigenvalue weighted by Crippen LogP contribution is -2.39. The van der Waals surface area contributed by atoms with Crippen LogP contribution in [0.2, 0.25) is 0 Å². The molecule has 0 unspecified atom stereocenters. The summed E-state index contributed by atoms with van der Waals surface area (Å²) in [6.45, 7) is 4.43. The molecule has 0 bridgehead atoms. The average Bonchev–Trinajstić information content (AvgIpc) is 3.32. The first kappa shape index (κ1) is 29.5. The fourth-order valence-electron chi connectivity index (χ4n) is 4.51. The van der Waals surface area contributed by atoms with Crippen molar-refractivity contribution in [3.63, 3.8) is 0 Å². The van der Waals surface area contributed by atoms with Crippen LogP contribution in [0, 0.1) is 13.8 Å². The van der Waals surface area contributed by atoms with Gasteiger partial charge in [-0.2, -0.15) is 8.42 Å². The fourth-order valence-corrected chi connectivity index (χ4v) is 6.56. The Morgan fingerprint density at radius 2 is 1.20 bits per heavy atom. The molecule has 4 atom stereocenters. The summed E-state index contributed by atoms with van der Waals surface area (Å²) in [4.78, 5) is 1.12. The van der Waals surface area contributed by atoms with E-state index >= 15 is 0 Å². The number of rotatable bonds is 12. The molecular formula is C33H34O6S2. The Kier molecular flexibility index (Phi) is 9.92. The summed E-state index contributed by atoms with van der Waals surface area (Å²) in [6.07, 6.45) is -1.74. The zero-order valence-electron chi connectivity index (χ0n) is 23.1. The van der Waals surface area contributed by atoms with E-state index in [1.54, 1.807) is 24.3 Å². The predicted octanol–water partition coefficient (Wildman–Crippen LogP) is 6.70. The highest BCUT2D eigenvalue weighted by molar-refractivity contribution is 7.99. The van der Waals surface area contributed by atoms with Gasteiger partial charge in [-0.1, -0.05) is 108 Å². The van der Waals surface area contributed by atoms with Gasteiger partial charge in [-0.3, -0.25) is 4.18 Å². The van der Waals surface area contributed by atoms with Crippen molar-refractivity contribution >= 4 is 21.9 Å². The molecule has 1 heterocycles. The molecule has 0 radical (unpaired) electrons. The Morgan fingerprint density at radius 3 is 1.76 bits per heavy atom. The van der Waals surface area contributed by atoms with Gasteiger partial charge in [-0.05, 0) is 49.2 Å². The number of hydrogen-bond acceptors (Lipinski definition) is 7. The highest BCUT2D eigenvalue weighted by Crippen LogP contribution is 2.38. The first-order valence-electron chi connectivity index (χ1n) is 13.5. The number of hydrogen-bond donors (Lipinski definition) is 0. The summed E-state index contributed by atoms with van der Waals surface area (Å²) >= 11 is 1.53. The van der Waals surface area contributed by atoms with E-state index in [-0.39, 0.29) is 11.5 Å². The van der Waals surface area contributed by atoms with Crippen LogP contribution >= 0.6 is 11.8 Å². The van der Waals surface area contributed by atoms with Gasteiger partial charge in [0.1, 0.15) is 23.7 Å². The minimum Gasteiger partial charge on any atom is -0.368 e. The van der Waals surface area contributed by atoms with E-state index in [0.717, 1.165) is 27.1 Å². The van der Waals surface area contributed by atoms with Crippen molar-refractivity contribution in [2.75, 3.05) is 6.61 Å². The van der Waals surface area contributed by atoms with E-state index < -0.39 is 33.9 Å². The highest BCUT2D eigenvalue weighted by atomic mass is 32.2. The zero-order chi connectivity index (χ0) is 28.7. The molecule has 8 heteroatoms. The molecule has 4 aromatic carbocycles. The molecule has 0 N–H and O–H groups in total. The average molecular weight is 591 g/mol. The zero-order valence-corrected chi connectivity index (χ0v) is 24.7.